The average Bonchev–Trinajstić information content (AvgIpc) is 2.52. The quantitative estimate of drug-likeness (QED) is 0.775. The van der Waals surface area contributed by atoms with Crippen LogP contribution in [0.2, 0.25) is 0 Å². The molecular weight excluding hydrogens is 379 g/mol. The van der Waals surface area contributed by atoms with Gasteiger partial charge in [-0.2, -0.15) is 4.31 Å². The van der Waals surface area contributed by atoms with Crippen molar-refractivity contribution in [3.8, 4) is 0 Å². The second-order valence-electron chi connectivity index (χ2n) is 5.88. The Hall–Kier alpha value is -1.97. The molecule has 0 aromatic heterocycles. The van der Waals surface area contributed by atoms with Gasteiger partial charge in [-0.05, 0) is 36.2 Å². The van der Waals surface area contributed by atoms with Gasteiger partial charge in [-0.3, -0.25) is 4.72 Å². The van der Waals surface area contributed by atoms with E-state index in [1.54, 1.807) is 6.92 Å². The van der Waals surface area contributed by atoms with Crippen LogP contribution in [-0.4, -0.2) is 33.9 Å². The van der Waals surface area contributed by atoms with Crippen molar-refractivity contribution in [1.29, 1.82) is 0 Å². The van der Waals surface area contributed by atoms with E-state index in [1.807, 2.05) is 31.2 Å². The zero-order chi connectivity index (χ0) is 19.5. The van der Waals surface area contributed by atoms with E-state index in [1.165, 1.54) is 10.4 Å². The minimum atomic E-state index is -4.08. The average molecular weight is 400 g/mol. The van der Waals surface area contributed by atoms with Gasteiger partial charge >= 0.3 is 0 Å². The first-order valence-corrected chi connectivity index (χ1v) is 11.2. The molecule has 0 bridgehead atoms. The number of aryl methyl sites for hydroxylation is 1. The summed E-state index contributed by atoms with van der Waals surface area (Å²) in [5, 5.41) is 0. The summed E-state index contributed by atoms with van der Waals surface area (Å²) in [4.78, 5) is -0.494. The Labute approximate surface area is 153 Å². The lowest BCUT2D eigenvalue weighted by Crippen LogP contribution is -2.31. The summed E-state index contributed by atoms with van der Waals surface area (Å²) in [5.74, 6) is -1.01. The van der Waals surface area contributed by atoms with E-state index >= 15 is 0 Å². The van der Waals surface area contributed by atoms with Crippen molar-refractivity contribution in [3.05, 3.63) is 59.4 Å². The molecule has 0 saturated heterocycles. The molecule has 9 heteroatoms. The molecule has 0 atom stereocenters. The van der Waals surface area contributed by atoms with Gasteiger partial charge < -0.3 is 0 Å². The van der Waals surface area contributed by atoms with Gasteiger partial charge in [0.05, 0.1) is 11.9 Å². The molecule has 6 nitrogen and oxygen atoms in total. The smallest absolute Gasteiger partial charge is 0.246 e. The lowest BCUT2D eigenvalue weighted by Gasteiger charge is -2.22. The van der Waals surface area contributed by atoms with Crippen LogP contribution in [0, 0.1) is 12.7 Å². The number of hydrogen-bond acceptors (Lipinski definition) is 4. The number of hydrogen-bond donors (Lipinski definition) is 1. The maximum absolute atomic E-state index is 14.4. The van der Waals surface area contributed by atoms with Crippen molar-refractivity contribution in [2.75, 3.05) is 17.5 Å². The number of nitrogens with one attached hydrogen (secondary N) is 1. The summed E-state index contributed by atoms with van der Waals surface area (Å²) in [5.41, 5.74) is 1.73. The SMILES string of the molecule is CCN(Cc1ccccc1C)S(=O)(=O)c1ccc(NS(C)(=O)=O)cc1F. The summed E-state index contributed by atoms with van der Waals surface area (Å²) in [7, 11) is -7.66. The van der Waals surface area contributed by atoms with Crippen molar-refractivity contribution in [3.63, 3.8) is 0 Å². The van der Waals surface area contributed by atoms with Crippen molar-refractivity contribution >= 4 is 25.7 Å². The summed E-state index contributed by atoms with van der Waals surface area (Å²) in [6.45, 7) is 3.84. The number of sulfonamides is 2. The van der Waals surface area contributed by atoms with E-state index in [2.05, 4.69) is 4.72 Å². The minimum Gasteiger partial charge on any atom is -0.284 e. The number of rotatable bonds is 7. The largest absolute Gasteiger partial charge is 0.284 e. The van der Waals surface area contributed by atoms with E-state index in [-0.39, 0.29) is 18.8 Å². The summed E-state index contributed by atoms with van der Waals surface area (Å²) in [6, 6.07) is 10.5. The van der Waals surface area contributed by atoms with Gasteiger partial charge in [0.15, 0.2) is 0 Å². The van der Waals surface area contributed by atoms with Gasteiger partial charge in [0.25, 0.3) is 0 Å². The normalized spacial score (nSPS) is 12.3. The van der Waals surface area contributed by atoms with Crippen LogP contribution in [0.4, 0.5) is 10.1 Å². The number of halogens is 1. The van der Waals surface area contributed by atoms with Crippen LogP contribution in [0.3, 0.4) is 0 Å². The highest BCUT2D eigenvalue weighted by atomic mass is 32.2. The zero-order valence-corrected chi connectivity index (χ0v) is 16.4. The highest BCUT2D eigenvalue weighted by molar-refractivity contribution is 7.92. The van der Waals surface area contributed by atoms with Crippen LogP contribution in [0.1, 0.15) is 18.1 Å². The second kappa shape index (κ2) is 7.73. The van der Waals surface area contributed by atoms with E-state index in [4.69, 9.17) is 0 Å². The fraction of sp³-hybridized carbons (Fsp3) is 0.294. The molecule has 1 N–H and O–H groups in total. The van der Waals surface area contributed by atoms with Crippen LogP contribution in [0.5, 0.6) is 0 Å². The minimum absolute atomic E-state index is 0.0362. The van der Waals surface area contributed by atoms with Crippen LogP contribution < -0.4 is 4.72 Å². The Kier molecular flexibility index (Phi) is 6.05. The Morgan fingerprint density at radius 1 is 1.08 bits per heavy atom. The number of anilines is 1. The van der Waals surface area contributed by atoms with E-state index in [9.17, 15) is 21.2 Å². The van der Waals surface area contributed by atoms with Crippen LogP contribution in [-0.2, 0) is 26.6 Å². The van der Waals surface area contributed by atoms with Crippen molar-refractivity contribution in [2.24, 2.45) is 0 Å². The molecule has 0 radical (unpaired) electrons. The monoisotopic (exact) mass is 400 g/mol. The lowest BCUT2D eigenvalue weighted by atomic mass is 10.1. The highest BCUT2D eigenvalue weighted by Crippen LogP contribution is 2.24. The van der Waals surface area contributed by atoms with Crippen LogP contribution >= 0.6 is 0 Å². The third kappa shape index (κ3) is 4.80. The van der Waals surface area contributed by atoms with Crippen LogP contribution in [0.25, 0.3) is 0 Å². The third-order valence-corrected chi connectivity index (χ3v) is 6.37. The summed E-state index contributed by atoms with van der Waals surface area (Å²) < 4.78 is 65.8. The Bertz CT molecular complexity index is 1010. The molecule has 0 aliphatic carbocycles. The molecule has 142 valence electrons. The Balaban J connectivity index is 2.37. The second-order valence-corrected chi connectivity index (χ2v) is 9.53. The predicted molar refractivity (Wildman–Crippen MR) is 99.3 cm³/mol. The van der Waals surface area contributed by atoms with E-state index in [0.29, 0.717) is 0 Å². The predicted octanol–water partition coefficient (Wildman–Crippen LogP) is 2.72. The Morgan fingerprint density at radius 3 is 2.27 bits per heavy atom. The van der Waals surface area contributed by atoms with Gasteiger partial charge in [0, 0.05) is 13.1 Å². The Morgan fingerprint density at radius 2 is 1.73 bits per heavy atom. The molecule has 0 heterocycles. The van der Waals surface area contributed by atoms with E-state index < -0.39 is 30.8 Å². The third-order valence-electron chi connectivity index (χ3n) is 3.81. The summed E-state index contributed by atoms with van der Waals surface area (Å²) >= 11 is 0. The van der Waals surface area contributed by atoms with Gasteiger partial charge in [0.2, 0.25) is 20.0 Å². The maximum Gasteiger partial charge on any atom is 0.246 e. The van der Waals surface area contributed by atoms with Gasteiger partial charge in [-0.15, -0.1) is 0 Å². The summed E-state index contributed by atoms with van der Waals surface area (Å²) in [6.07, 6.45) is 0.927. The first-order chi connectivity index (χ1) is 12.0. The molecule has 2 aromatic carbocycles. The van der Waals surface area contributed by atoms with E-state index in [0.717, 1.165) is 29.5 Å². The van der Waals surface area contributed by atoms with Gasteiger partial charge in [-0.1, -0.05) is 31.2 Å². The molecule has 0 aliphatic heterocycles. The molecule has 0 unspecified atom stereocenters. The standard InChI is InChI=1S/C17H21FN2O4S2/c1-4-20(12-14-8-6-5-7-13(14)2)26(23,24)17-10-9-15(11-16(17)18)19-25(3,21)22/h5-11,19H,4,12H2,1-3H3. The number of nitrogens with zero attached hydrogens (tertiary/aromatic N) is 1. The maximum atomic E-state index is 14.4. The molecular formula is C17H21FN2O4S2. The lowest BCUT2D eigenvalue weighted by molar-refractivity contribution is 0.418. The van der Waals surface area contributed by atoms with Crippen LogP contribution in [0.15, 0.2) is 47.4 Å². The van der Waals surface area contributed by atoms with Crippen molar-refractivity contribution < 1.29 is 21.2 Å². The fourth-order valence-electron chi connectivity index (χ4n) is 2.47. The molecule has 0 aliphatic rings. The molecule has 0 spiro atoms. The topological polar surface area (TPSA) is 83.6 Å². The molecule has 26 heavy (non-hydrogen) atoms. The molecule has 0 amide bonds. The molecule has 2 aromatic rings. The van der Waals surface area contributed by atoms with Crippen molar-refractivity contribution in [1.82, 2.24) is 4.31 Å². The van der Waals surface area contributed by atoms with Gasteiger partial charge in [0.1, 0.15) is 10.7 Å². The molecule has 2 rings (SSSR count). The highest BCUT2D eigenvalue weighted by Gasteiger charge is 2.27. The first-order valence-electron chi connectivity index (χ1n) is 7.86. The van der Waals surface area contributed by atoms with Crippen molar-refractivity contribution in [2.45, 2.75) is 25.3 Å². The fourth-order valence-corrected chi connectivity index (χ4v) is 4.50. The zero-order valence-electron chi connectivity index (χ0n) is 14.7. The molecule has 0 saturated carbocycles. The first kappa shape index (κ1) is 20.3. The number of benzene rings is 2. The van der Waals surface area contributed by atoms with Gasteiger partial charge in [-0.25, -0.2) is 21.2 Å². The molecule has 0 fully saturated rings.